The van der Waals surface area contributed by atoms with Crippen molar-refractivity contribution in [3.63, 3.8) is 0 Å². The second kappa shape index (κ2) is 5.31. The Morgan fingerprint density at radius 3 is 3.08 bits per heavy atom. The molecule has 1 aromatic heterocycles. The summed E-state index contributed by atoms with van der Waals surface area (Å²) in [6.07, 6.45) is 2.38. The first-order valence-corrected chi connectivity index (χ1v) is 4.13. The van der Waals surface area contributed by atoms with Gasteiger partial charge in [-0.25, -0.2) is 9.97 Å². The summed E-state index contributed by atoms with van der Waals surface area (Å²) in [7, 11) is 1.68. The Bertz CT molecular complexity index is 254. The van der Waals surface area contributed by atoms with Crippen LogP contribution in [-0.2, 0) is 4.74 Å². The number of nitrogens with zero attached hydrogens (tertiary/aromatic N) is 2. The van der Waals surface area contributed by atoms with Crippen LogP contribution in [0, 0.1) is 0 Å². The molecule has 0 saturated heterocycles. The van der Waals surface area contributed by atoms with Crippen LogP contribution in [0.3, 0.4) is 0 Å². The number of hydrogen-bond acceptors (Lipinski definition) is 5. The van der Waals surface area contributed by atoms with E-state index in [1.165, 1.54) is 6.33 Å². The van der Waals surface area contributed by atoms with Crippen LogP contribution < -0.4 is 11.1 Å². The Morgan fingerprint density at radius 1 is 1.54 bits per heavy atom. The van der Waals surface area contributed by atoms with E-state index < -0.39 is 0 Å². The first-order valence-electron chi connectivity index (χ1n) is 4.13. The van der Waals surface area contributed by atoms with Crippen LogP contribution in [-0.4, -0.2) is 30.2 Å². The quantitative estimate of drug-likeness (QED) is 0.649. The van der Waals surface area contributed by atoms with Gasteiger partial charge in [-0.05, 0) is 6.42 Å². The SMILES string of the molecule is COCCCNc1cc(N)ncn1. The van der Waals surface area contributed by atoms with Crippen molar-refractivity contribution in [1.29, 1.82) is 0 Å². The topological polar surface area (TPSA) is 73.1 Å². The molecule has 0 amide bonds. The summed E-state index contributed by atoms with van der Waals surface area (Å²) in [5.41, 5.74) is 5.47. The van der Waals surface area contributed by atoms with E-state index in [0.29, 0.717) is 5.82 Å². The molecule has 1 rings (SSSR count). The fourth-order valence-electron chi connectivity index (χ4n) is 0.902. The Hall–Kier alpha value is -1.36. The molecule has 1 aromatic rings. The van der Waals surface area contributed by atoms with Crippen molar-refractivity contribution in [3.05, 3.63) is 12.4 Å². The standard InChI is InChI=1S/C8H14N4O/c1-13-4-2-3-10-8-5-7(9)11-6-12-8/h5-6H,2-4H2,1H3,(H3,9,10,11,12). The lowest BCUT2D eigenvalue weighted by molar-refractivity contribution is 0.198. The van der Waals surface area contributed by atoms with Gasteiger partial charge in [-0.2, -0.15) is 0 Å². The van der Waals surface area contributed by atoms with Gasteiger partial charge in [0.15, 0.2) is 0 Å². The van der Waals surface area contributed by atoms with Gasteiger partial charge in [-0.1, -0.05) is 0 Å². The fourth-order valence-corrected chi connectivity index (χ4v) is 0.902. The molecule has 0 aliphatic heterocycles. The number of nitrogens with one attached hydrogen (secondary N) is 1. The van der Waals surface area contributed by atoms with Crippen LogP contribution in [0.1, 0.15) is 6.42 Å². The maximum Gasteiger partial charge on any atom is 0.131 e. The van der Waals surface area contributed by atoms with Gasteiger partial charge in [0.1, 0.15) is 18.0 Å². The molecule has 72 valence electrons. The maximum absolute atomic E-state index is 5.47. The van der Waals surface area contributed by atoms with Crippen LogP contribution in [0.5, 0.6) is 0 Å². The third-order valence-corrected chi connectivity index (χ3v) is 1.52. The minimum Gasteiger partial charge on any atom is -0.385 e. The summed E-state index contributed by atoms with van der Waals surface area (Å²) >= 11 is 0. The van der Waals surface area contributed by atoms with Gasteiger partial charge in [-0.3, -0.25) is 0 Å². The number of rotatable bonds is 5. The first-order chi connectivity index (χ1) is 6.33. The van der Waals surface area contributed by atoms with Crippen molar-refractivity contribution < 1.29 is 4.74 Å². The van der Waals surface area contributed by atoms with E-state index >= 15 is 0 Å². The third-order valence-electron chi connectivity index (χ3n) is 1.52. The molecule has 0 fully saturated rings. The second-order valence-electron chi connectivity index (χ2n) is 2.60. The molecular formula is C8H14N4O. The normalized spacial score (nSPS) is 9.92. The van der Waals surface area contributed by atoms with E-state index in [2.05, 4.69) is 15.3 Å². The van der Waals surface area contributed by atoms with Crippen molar-refractivity contribution in [2.45, 2.75) is 6.42 Å². The zero-order chi connectivity index (χ0) is 9.52. The highest BCUT2D eigenvalue weighted by Crippen LogP contribution is 2.03. The predicted octanol–water partition coefficient (Wildman–Crippen LogP) is 0.507. The number of methoxy groups -OCH3 is 1. The Morgan fingerprint density at radius 2 is 2.38 bits per heavy atom. The number of nitrogens with two attached hydrogens (primary N) is 1. The van der Waals surface area contributed by atoms with Crippen LogP contribution in [0.15, 0.2) is 12.4 Å². The van der Waals surface area contributed by atoms with Gasteiger partial charge in [0, 0.05) is 26.3 Å². The van der Waals surface area contributed by atoms with Crippen molar-refractivity contribution >= 4 is 11.6 Å². The third kappa shape index (κ3) is 3.71. The molecule has 3 N–H and O–H groups in total. The molecule has 0 unspecified atom stereocenters. The molecule has 0 radical (unpaired) electrons. The zero-order valence-electron chi connectivity index (χ0n) is 7.66. The largest absolute Gasteiger partial charge is 0.385 e. The first kappa shape index (κ1) is 9.73. The highest BCUT2D eigenvalue weighted by Gasteiger charge is 1.93. The smallest absolute Gasteiger partial charge is 0.131 e. The van der Waals surface area contributed by atoms with Crippen LogP contribution in [0.25, 0.3) is 0 Å². The molecule has 0 spiro atoms. The molecule has 5 heteroatoms. The van der Waals surface area contributed by atoms with E-state index in [1.807, 2.05) is 0 Å². The highest BCUT2D eigenvalue weighted by molar-refractivity contribution is 5.42. The van der Waals surface area contributed by atoms with Crippen molar-refractivity contribution in [2.24, 2.45) is 0 Å². The van der Waals surface area contributed by atoms with Gasteiger partial charge in [0.05, 0.1) is 0 Å². The summed E-state index contributed by atoms with van der Waals surface area (Å²) in [4.78, 5) is 7.78. The van der Waals surface area contributed by atoms with Crippen LogP contribution in [0.2, 0.25) is 0 Å². The predicted molar refractivity (Wildman–Crippen MR) is 51.4 cm³/mol. The van der Waals surface area contributed by atoms with Gasteiger partial charge in [0.2, 0.25) is 0 Å². The molecule has 0 aliphatic carbocycles. The molecular weight excluding hydrogens is 168 g/mol. The molecule has 0 bridgehead atoms. The molecule has 1 heterocycles. The molecule has 0 atom stereocenters. The summed E-state index contributed by atoms with van der Waals surface area (Å²) in [5.74, 6) is 1.23. The lowest BCUT2D eigenvalue weighted by atomic mass is 10.4. The summed E-state index contributed by atoms with van der Waals surface area (Å²) in [5, 5.41) is 3.11. The lowest BCUT2D eigenvalue weighted by Crippen LogP contribution is -2.06. The minimum absolute atomic E-state index is 0.476. The van der Waals surface area contributed by atoms with E-state index in [9.17, 15) is 0 Å². The lowest BCUT2D eigenvalue weighted by Gasteiger charge is -2.04. The van der Waals surface area contributed by atoms with E-state index in [4.69, 9.17) is 10.5 Å². The minimum atomic E-state index is 0.476. The van der Waals surface area contributed by atoms with Gasteiger partial charge >= 0.3 is 0 Å². The summed E-state index contributed by atoms with van der Waals surface area (Å²) < 4.78 is 4.91. The molecule has 0 saturated carbocycles. The monoisotopic (exact) mass is 182 g/mol. The summed E-state index contributed by atoms with van der Waals surface area (Å²) in [6.45, 7) is 1.57. The number of hydrogen-bond donors (Lipinski definition) is 2. The molecule has 5 nitrogen and oxygen atoms in total. The van der Waals surface area contributed by atoms with Crippen molar-refractivity contribution in [1.82, 2.24) is 9.97 Å². The van der Waals surface area contributed by atoms with Gasteiger partial charge in [-0.15, -0.1) is 0 Å². The Kier molecular flexibility index (Phi) is 3.98. The zero-order valence-corrected chi connectivity index (χ0v) is 7.66. The van der Waals surface area contributed by atoms with Gasteiger partial charge in [0.25, 0.3) is 0 Å². The Labute approximate surface area is 77.3 Å². The molecule has 13 heavy (non-hydrogen) atoms. The number of aromatic nitrogens is 2. The van der Waals surface area contributed by atoms with Crippen molar-refractivity contribution in [3.8, 4) is 0 Å². The maximum atomic E-state index is 5.47. The highest BCUT2D eigenvalue weighted by atomic mass is 16.5. The number of anilines is 2. The Balaban J connectivity index is 2.28. The molecule has 0 aliphatic rings. The van der Waals surface area contributed by atoms with Crippen LogP contribution >= 0.6 is 0 Å². The van der Waals surface area contributed by atoms with Crippen molar-refractivity contribution in [2.75, 3.05) is 31.3 Å². The van der Waals surface area contributed by atoms with E-state index in [-0.39, 0.29) is 0 Å². The number of nitrogen functional groups attached to an aromatic ring is 1. The summed E-state index contributed by atoms with van der Waals surface area (Å²) in [6, 6.07) is 1.70. The van der Waals surface area contributed by atoms with Gasteiger partial charge < -0.3 is 15.8 Å². The average Bonchev–Trinajstić information content (AvgIpc) is 2.13. The fraction of sp³-hybridized carbons (Fsp3) is 0.500. The second-order valence-corrected chi connectivity index (χ2v) is 2.60. The van der Waals surface area contributed by atoms with E-state index in [0.717, 1.165) is 25.4 Å². The van der Waals surface area contributed by atoms with Crippen LogP contribution in [0.4, 0.5) is 11.6 Å². The van der Waals surface area contributed by atoms with E-state index in [1.54, 1.807) is 13.2 Å². The number of ether oxygens (including phenoxy) is 1. The average molecular weight is 182 g/mol. The molecule has 0 aromatic carbocycles.